The van der Waals surface area contributed by atoms with E-state index < -0.39 is 5.97 Å². The molecule has 22 heavy (non-hydrogen) atoms. The molecule has 3 nitrogen and oxygen atoms in total. The average Bonchev–Trinajstić information content (AvgIpc) is 2.38. The largest absolute Gasteiger partial charge is 0.545 e. The van der Waals surface area contributed by atoms with Gasteiger partial charge in [-0.05, 0) is 23.8 Å². The Hall–Kier alpha value is -0.830. The number of allylic oxidation sites excluding steroid dienone is 1. The third-order valence-electron chi connectivity index (χ3n) is 3.93. The first-order valence-corrected chi connectivity index (χ1v) is 8.81. The Kier molecular flexibility index (Phi) is 14.7. The highest BCUT2D eigenvalue weighted by Gasteiger charge is 2.17. The summed E-state index contributed by atoms with van der Waals surface area (Å²) in [5.74, 6) is -1.02. The number of quaternary nitrogens is 1. The molecule has 0 saturated heterocycles. The fourth-order valence-corrected chi connectivity index (χ4v) is 2.57. The van der Waals surface area contributed by atoms with Crippen molar-refractivity contribution < 1.29 is 9.90 Å². The Morgan fingerprint density at radius 1 is 0.864 bits per heavy atom. The van der Waals surface area contributed by atoms with Gasteiger partial charge in [-0.3, -0.25) is 0 Å². The van der Waals surface area contributed by atoms with Crippen molar-refractivity contribution in [2.24, 2.45) is 5.41 Å². The van der Waals surface area contributed by atoms with Crippen molar-refractivity contribution in [1.29, 1.82) is 0 Å². The van der Waals surface area contributed by atoms with Crippen LogP contribution in [0.1, 0.15) is 98.3 Å². The lowest BCUT2D eigenvalue weighted by Gasteiger charge is -2.24. The second-order valence-corrected chi connectivity index (χ2v) is 7.13. The second-order valence-electron chi connectivity index (χ2n) is 7.13. The van der Waals surface area contributed by atoms with E-state index in [-0.39, 0.29) is 11.6 Å². The summed E-state index contributed by atoms with van der Waals surface area (Å²) in [6.07, 6.45) is 15.8. The molecule has 132 valence electrons. The molecule has 0 unspecified atom stereocenters. The van der Waals surface area contributed by atoms with Gasteiger partial charge in [-0.1, -0.05) is 91.6 Å². The fraction of sp³-hybridized carbons (Fsp3) is 0.842. The van der Waals surface area contributed by atoms with Crippen molar-refractivity contribution in [2.45, 2.75) is 98.3 Å². The Morgan fingerprint density at radius 2 is 1.27 bits per heavy atom. The number of rotatable bonds is 12. The molecule has 0 heterocycles. The van der Waals surface area contributed by atoms with Crippen LogP contribution in [-0.4, -0.2) is 5.97 Å². The Morgan fingerprint density at radius 3 is 1.64 bits per heavy atom. The normalized spacial score (nSPS) is 12.1. The predicted molar refractivity (Wildman–Crippen MR) is 95.0 cm³/mol. The van der Waals surface area contributed by atoms with Gasteiger partial charge in [0, 0.05) is 0 Å². The minimum atomic E-state index is -1.02. The maximum absolute atomic E-state index is 11.1. The summed E-state index contributed by atoms with van der Waals surface area (Å²) in [6, 6.07) is 0. The van der Waals surface area contributed by atoms with Gasteiger partial charge in [0.1, 0.15) is 0 Å². The smallest absolute Gasteiger partial charge is 0.0677 e. The van der Waals surface area contributed by atoms with Gasteiger partial charge >= 0.3 is 0 Å². The molecule has 0 aliphatic heterocycles. The van der Waals surface area contributed by atoms with Crippen LogP contribution in [0.25, 0.3) is 0 Å². The molecular weight excluding hydrogens is 274 g/mol. The molecule has 0 aliphatic rings. The first kappa shape index (κ1) is 23.4. The standard InChI is InChI=1S/C19H36O2.H3N/c1-5-6-7-8-9-10-11-12-13-14-15-16-17(18(20)21)19(2,3)4;/h16H,5-15H2,1-4H3,(H,20,21);1H3. The predicted octanol–water partition coefficient (Wildman–Crippen LogP) is 5.40. The lowest BCUT2D eigenvalue weighted by Crippen LogP contribution is -2.31. The zero-order chi connectivity index (χ0) is 16.1. The fourth-order valence-electron chi connectivity index (χ4n) is 2.57. The number of carboxylic acid groups (broad SMARTS) is 1. The van der Waals surface area contributed by atoms with E-state index in [1.54, 1.807) is 0 Å². The van der Waals surface area contributed by atoms with Crippen LogP contribution < -0.4 is 11.3 Å². The average molecular weight is 314 g/mol. The maximum atomic E-state index is 11.1. The van der Waals surface area contributed by atoms with Gasteiger partial charge in [-0.2, -0.15) is 0 Å². The summed E-state index contributed by atoms with van der Waals surface area (Å²) in [5, 5.41) is 11.1. The number of hydrogen-bond donors (Lipinski definition) is 1. The summed E-state index contributed by atoms with van der Waals surface area (Å²) in [6.45, 7) is 8.02. The molecule has 0 aromatic carbocycles. The molecular formula is C19H39NO2. The molecule has 0 atom stereocenters. The van der Waals surface area contributed by atoms with E-state index in [0.717, 1.165) is 12.8 Å². The topological polar surface area (TPSA) is 76.6 Å². The molecule has 0 aromatic rings. The molecule has 0 aliphatic carbocycles. The van der Waals surface area contributed by atoms with Gasteiger partial charge in [0.25, 0.3) is 0 Å². The monoisotopic (exact) mass is 313 g/mol. The quantitative estimate of drug-likeness (QED) is 0.387. The number of carbonyl (C=O) groups excluding carboxylic acids is 1. The Balaban J connectivity index is 0. The lowest BCUT2D eigenvalue weighted by molar-refractivity contribution is -0.300. The number of carbonyl (C=O) groups is 1. The Bertz CT molecular complexity index is 303. The maximum Gasteiger partial charge on any atom is 0.0677 e. The highest BCUT2D eigenvalue weighted by molar-refractivity contribution is 5.86. The van der Waals surface area contributed by atoms with E-state index >= 15 is 0 Å². The van der Waals surface area contributed by atoms with E-state index in [2.05, 4.69) is 6.92 Å². The third-order valence-corrected chi connectivity index (χ3v) is 3.93. The van der Waals surface area contributed by atoms with Crippen LogP contribution in [0.5, 0.6) is 0 Å². The second kappa shape index (κ2) is 13.8. The van der Waals surface area contributed by atoms with Crippen molar-refractivity contribution in [2.75, 3.05) is 0 Å². The van der Waals surface area contributed by atoms with E-state index in [1.165, 1.54) is 57.8 Å². The van der Waals surface area contributed by atoms with E-state index in [9.17, 15) is 9.90 Å². The molecule has 0 radical (unpaired) electrons. The summed E-state index contributed by atoms with van der Waals surface area (Å²) in [7, 11) is 0. The molecule has 0 bridgehead atoms. The van der Waals surface area contributed by atoms with Crippen LogP contribution >= 0.6 is 0 Å². The van der Waals surface area contributed by atoms with E-state index in [1.807, 2.05) is 26.8 Å². The van der Waals surface area contributed by atoms with Gasteiger partial charge in [-0.15, -0.1) is 0 Å². The van der Waals surface area contributed by atoms with Crippen LogP contribution in [0.2, 0.25) is 0 Å². The minimum absolute atomic E-state index is 0. The van der Waals surface area contributed by atoms with Crippen LogP contribution in [0.3, 0.4) is 0 Å². The molecule has 0 aromatic heterocycles. The van der Waals surface area contributed by atoms with Crippen LogP contribution in [0, 0.1) is 5.41 Å². The first-order chi connectivity index (χ1) is 9.89. The summed E-state index contributed by atoms with van der Waals surface area (Å²) < 4.78 is 0. The van der Waals surface area contributed by atoms with E-state index in [4.69, 9.17) is 0 Å². The van der Waals surface area contributed by atoms with Crippen molar-refractivity contribution in [3.05, 3.63) is 11.6 Å². The van der Waals surface area contributed by atoms with Crippen LogP contribution in [-0.2, 0) is 4.79 Å². The van der Waals surface area contributed by atoms with Crippen LogP contribution in [0.4, 0.5) is 0 Å². The summed E-state index contributed by atoms with van der Waals surface area (Å²) in [4.78, 5) is 11.1. The van der Waals surface area contributed by atoms with Gasteiger partial charge < -0.3 is 16.1 Å². The summed E-state index contributed by atoms with van der Waals surface area (Å²) in [5.41, 5.74) is 0.121. The number of unbranched alkanes of at least 4 members (excludes halogenated alkanes) is 10. The molecule has 0 spiro atoms. The van der Waals surface area contributed by atoms with Crippen molar-refractivity contribution >= 4 is 5.97 Å². The molecule has 3 heteroatoms. The van der Waals surface area contributed by atoms with Crippen LogP contribution in [0.15, 0.2) is 11.6 Å². The zero-order valence-corrected chi connectivity index (χ0v) is 15.7. The number of hydrogen-bond acceptors (Lipinski definition) is 2. The van der Waals surface area contributed by atoms with Gasteiger partial charge in [0.2, 0.25) is 0 Å². The molecule has 0 saturated carbocycles. The summed E-state index contributed by atoms with van der Waals surface area (Å²) >= 11 is 0. The number of carboxylic acids is 1. The molecule has 0 rings (SSSR count). The van der Waals surface area contributed by atoms with Crippen molar-refractivity contribution in [3.8, 4) is 0 Å². The highest BCUT2D eigenvalue weighted by atomic mass is 16.4. The SMILES string of the molecule is CCCCCCCCCCCCC=C(C(=O)[O-])C(C)(C)C.[NH4+]. The first-order valence-electron chi connectivity index (χ1n) is 8.81. The van der Waals surface area contributed by atoms with Gasteiger partial charge in [0.15, 0.2) is 0 Å². The van der Waals surface area contributed by atoms with Gasteiger partial charge in [0.05, 0.1) is 5.97 Å². The van der Waals surface area contributed by atoms with Crippen molar-refractivity contribution in [3.63, 3.8) is 0 Å². The van der Waals surface area contributed by atoms with Crippen molar-refractivity contribution in [1.82, 2.24) is 6.15 Å². The highest BCUT2D eigenvalue weighted by Crippen LogP contribution is 2.25. The zero-order valence-electron chi connectivity index (χ0n) is 15.7. The Labute approximate surface area is 138 Å². The van der Waals surface area contributed by atoms with Gasteiger partial charge in [-0.25, -0.2) is 0 Å². The third kappa shape index (κ3) is 12.9. The lowest BCUT2D eigenvalue weighted by atomic mass is 9.85. The molecule has 4 N–H and O–H groups in total. The number of aliphatic carboxylic acids is 1. The molecule has 0 fully saturated rings. The minimum Gasteiger partial charge on any atom is -0.545 e. The molecule has 0 amide bonds. The van der Waals surface area contributed by atoms with E-state index in [0.29, 0.717) is 5.57 Å².